The number of benzene rings is 2. The van der Waals surface area contributed by atoms with E-state index in [0.717, 1.165) is 37.2 Å². The lowest BCUT2D eigenvalue weighted by Crippen LogP contribution is -2.28. The molecule has 1 aliphatic rings. The van der Waals surface area contributed by atoms with Crippen LogP contribution >= 0.6 is 0 Å². The van der Waals surface area contributed by atoms with Crippen molar-refractivity contribution in [1.82, 2.24) is 4.90 Å². The lowest BCUT2D eigenvalue weighted by Gasteiger charge is -2.30. The van der Waals surface area contributed by atoms with Crippen LogP contribution in [0.25, 0.3) is 0 Å². The molecular weight excluding hydrogens is 312 g/mol. The molecule has 0 saturated heterocycles. The minimum atomic E-state index is 0.174. The Hall–Kier alpha value is -2.20. The largest absolute Gasteiger partial charge is 0.506 e. The Kier molecular flexibility index (Phi) is 5.49. The molecule has 0 aliphatic heterocycles. The molecule has 25 heavy (non-hydrogen) atoms. The van der Waals surface area contributed by atoms with Gasteiger partial charge in [-0.2, -0.15) is 0 Å². The van der Waals surface area contributed by atoms with Gasteiger partial charge >= 0.3 is 0 Å². The number of hydrogen-bond donors (Lipinski definition) is 2. The quantitative estimate of drug-likeness (QED) is 0.623. The Morgan fingerprint density at radius 3 is 2.88 bits per heavy atom. The summed E-state index contributed by atoms with van der Waals surface area (Å²) < 4.78 is 5.54. The van der Waals surface area contributed by atoms with Crippen LogP contribution in [-0.4, -0.2) is 37.3 Å². The highest BCUT2D eigenvalue weighted by Crippen LogP contribution is 2.36. The molecule has 2 aromatic carbocycles. The number of phenolic OH excluding ortho intramolecular Hbond substituents is 1. The molecule has 0 heterocycles. The molecule has 0 aromatic heterocycles. The van der Waals surface area contributed by atoms with E-state index in [1.54, 1.807) is 19.2 Å². The van der Waals surface area contributed by atoms with Crippen molar-refractivity contribution in [3.8, 4) is 11.5 Å². The van der Waals surface area contributed by atoms with E-state index in [0.29, 0.717) is 11.6 Å². The predicted molar refractivity (Wildman–Crippen MR) is 102 cm³/mol. The minimum Gasteiger partial charge on any atom is -0.506 e. The van der Waals surface area contributed by atoms with E-state index in [2.05, 4.69) is 30.1 Å². The van der Waals surface area contributed by atoms with Crippen molar-refractivity contribution in [2.75, 3.05) is 33.0 Å². The molecule has 1 atom stereocenters. The van der Waals surface area contributed by atoms with Crippen molar-refractivity contribution in [3.63, 3.8) is 0 Å². The standard InChI is InChI=1S/C21H28N2O2/c1-23(12-11-15-9-10-19(22)20(24)13-15)14-16-5-3-7-18-17(16)6-4-8-21(18)25-2/h4,6,8-10,13,16,24H,3,5,7,11-12,14,22H2,1-2H3/t16-/m0/s1. The number of ether oxygens (including phenoxy) is 1. The maximum atomic E-state index is 9.73. The van der Waals surface area contributed by atoms with Crippen LogP contribution < -0.4 is 10.5 Å². The number of phenols is 1. The molecule has 3 rings (SSSR count). The Morgan fingerprint density at radius 2 is 2.12 bits per heavy atom. The van der Waals surface area contributed by atoms with Gasteiger partial charge in [0.1, 0.15) is 11.5 Å². The lowest BCUT2D eigenvalue weighted by molar-refractivity contribution is 0.299. The Morgan fingerprint density at radius 1 is 1.28 bits per heavy atom. The summed E-state index contributed by atoms with van der Waals surface area (Å²) in [6.07, 6.45) is 4.47. The van der Waals surface area contributed by atoms with E-state index in [4.69, 9.17) is 10.5 Å². The van der Waals surface area contributed by atoms with Crippen LogP contribution in [0.3, 0.4) is 0 Å². The fourth-order valence-corrected chi connectivity index (χ4v) is 3.83. The van der Waals surface area contributed by atoms with Crippen molar-refractivity contribution < 1.29 is 9.84 Å². The van der Waals surface area contributed by atoms with Gasteiger partial charge in [-0.15, -0.1) is 0 Å². The normalized spacial score (nSPS) is 16.7. The van der Waals surface area contributed by atoms with Crippen LogP contribution in [0.15, 0.2) is 36.4 Å². The van der Waals surface area contributed by atoms with E-state index < -0.39 is 0 Å². The average molecular weight is 340 g/mol. The summed E-state index contributed by atoms with van der Waals surface area (Å²) in [5.74, 6) is 1.76. The zero-order valence-electron chi connectivity index (χ0n) is 15.2. The molecule has 134 valence electrons. The number of fused-ring (bicyclic) bond motifs is 1. The molecule has 2 aromatic rings. The monoisotopic (exact) mass is 340 g/mol. The third kappa shape index (κ3) is 4.07. The van der Waals surface area contributed by atoms with Crippen LogP contribution in [0.5, 0.6) is 11.5 Å². The third-order valence-corrected chi connectivity index (χ3v) is 5.22. The average Bonchev–Trinajstić information content (AvgIpc) is 2.62. The first-order chi connectivity index (χ1) is 12.1. The molecule has 3 N–H and O–H groups in total. The summed E-state index contributed by atoms with van der Waals surface area (Å²) in [5, 5.41) is 9.73. The minimum absolute atomic E-state index is 0.174. The first-order valence-electron chi connectivity index (χ1n) is 9.00. The zero-order valence-corrected chi connectivity index (χ0v) is 15.2. The van der Waals surface area contributed by atoms with Gasteiger partial charge in [0.2, 0.25) is 0 Å². The number of hydrogen-bond acceptors (Lipinski definition) is 4. The number of anilines is 1. The summed E-state index contributed by atoms with van der Waals surface area (Å²) in [6.45, 7) is 2.00. The van der Waals surface area contributed by atoms with Crippen molar-refractivity contribution in [2.24, 2.45) is 0 Å². The van der Waals surface area contributed by atoms with E-state index in [9.17, 15) is 5.11 Å². The Balaban J connectivity index is 1.62. The van der Waals surface area contributed by atoms with Gasteiger partial charge < -0.3 is 20.5 Å². The fraction of sp³-hybridized carbons (Fsp3) is 0.429. The van der Waals surface area contributed by atoms with Gasteiger partial charge in [0.05, 0.1) is 12.8 Å². The van der Waals surface area contributed by atoms with E-state index >= 15 is 0 Å². The number of nitrogen functional groups attached to an aromatic ring is 1. The highest BCUT2D eigenvalue weighted by Gasteiger charge is 2.23. The van der Waals surface area contributed by atoms with Crippen molar-refractivity contribution in [1.29, 1.82) is 0 Å². The second-order valence-corrected chi connectivity index (χ2v) is 7.02. The van der Waals surface area contributed by atoms with Crippen molar-refractivity contribution >= 4 is 5.69 Å². The molecule has 0 bridgehead atoms. The van der Waals surface area contributed by atoms with Gasteiger partial charge in [0.25, 0.3) is 0 Å². The highest BCUT2D eigenvalue weighted by atomic mass is 16.5. The van der Waals surface area contributed by atoms with Gasteiger partial charge in [-0.3, -0.25) is 0 Å². The SMILES string of the molecule is COc1cccc2c1CCC[C@H]2CN(C)CCc1ccc(N)c(O)c1. The molecule has 0 fully saturated rings. The number of aromatic hydroxyl groups is 1. The highest BCUT2D eigenvalue weighted by molar-refractivity contribution is 5.52. The second-order valence-electron chi connectivity index (χ2n) is 7.02. The van der Waals surface area contributed by atoms with Gasteiger partial charge in [0.15, 0.2) is 0 Å². The van der Waals surface area contributed by atoms with E-state index in [1.165, 1.54) is 24.0 Å². The van der Waals surface area contributed by atoms with E-state index in [-0.39, 0.29) is 5.75 Å². The molecular formula is C21H28N2O2. The molecule has 0 unspecified atom stereocenters. The maximum Gasteiger partial charge on any atom is 0.138 e. The van der Waals surface area contributed by atoms with Crippen LogP contribution in [0.1, 0.15) is 35.4 Å². The third-order valence-electron chi connectivity index (χ3n) is 5.22. The molecule has 0 amide bonds. The first kappa shape index (κ1) is 17.6. The molecule has 0 radical (unpaired) electrons. The summed E-state index contributed by atoms with van der Waals surface area (Å²) in [7, 11) is 3.93. The first-order valence-corrected chi connectivity index (χ1v) is 9.00. The van der Waals surface area contributed by atoms with Gasteiger partial charge in [-0.05, 0) is 73.5 Å². The summed E-state index contributed by atoms with van der Waals surface area (Å²) in [4.78, 5) is 2.38. The smallest absolute Gasteiger partial charge is 0.138 e. The summed E-state index contributed by atoms with van der Waals surface area (Å²) in [6, 6.07) is 12.0. The number of nitrogens with two attached hydrogens (primary N) is 1. The van der Waals surface area contributed by atoms with Crippen molar-refractivity contribution in [3.05, 3.63) is 53.1 Å². The fourth-order valence-electron chi connectivity index (χ4n) is 3.83. The zero-order chi connectivity index (χ0) is 17.8. The summed E-state index contributed by atoms with van der Waals surface area (Å²) >= 11 is 0. The van der Waals surface area contributed by atoms with E-state index in [1.807, 2.05) is 6.07 Å². The molecule has 4 heteroatoms. The van der Waals surface area contributed by atoms with Crippen LogP contribution in [0, 0.1) is 0 Å². The van der Waals surface area contributed by atoms with Gasteiger partial charge in [0, 0.05) is 13.1 Å². The molecule has 0 spiro atoms. The lowest BCUT2D eigenvalue weighted by atomic mass is 9.82. The van der Waals surface area contributed by atoms with Crippen LogP contribution in [0.4, 0.5) is 5.69 Å². The number of rotatable bonds is 6. The Labute approximate surface area is 150 Å². The Bertz CT molecular complexity index is 730. The predicted octanol–water partition coefficient (Wildman–Crippen LogP) is 3.58. The number of likely N-dealkylation sites (N-methyl/N-ethyl adjacent to an activating group) is 1. The maximum absolute atomic E-state index is 9.73. The van der Waals surface area contributed by atoms with Crippen molar-refractivity contribution in [2.45, 2.75) is 31.6 Å². The second kappa shape index (κ2) is 7.79. The molecule has 1 aliphatic carbocycles. The summed E-state index contributed by atoms with van der Waals surface area (Å²) in [5.41, 5.74) is 10.1. The van der Waals surface area contributed by atoms with Gasteiger partial charge in [-0.25, -0.2) is 0 Å². The van der Waals surface area contributed by atoms with Crippen LogP contribution in [-0.2, 0) is 12.8 Å². The number of nitrogens with zero attached hydrogens (tertiary/aromatic N) is 1. The van der Waals surface area contributed by atoms with Gasteiger partial charge in [-0.1, -0.05) is 18.2 Å². The molecule has 4 nitrogen and oxygen atoms in total. The topological polar surface area (TPSA) is 58.7 Å². The van der Waals surface area contributed by atoms with Crippen LogP contribution in [0.2, 0.25) is 0 Å². The number of methoxy groups -OCH3 is 1. The molecule has 0 saturated carbocycles.